The lowest BCUT2D eigenvalue weighted by Gasteiger charge is -2.41. The fraction of sp³-hybridized carbons (Fsp3) is 0.409. The Balaban J connectivity index is 1.25. The first-order chi connectivity index (χ1) is 16.1. The van der Waals surface area contributed by atoms with E-state index in [0.29, 0.717) is 35.6 Å². The highest BCUT2D eigenvalue weighted by atomic mass is 32.2. The van der Waals surface area contributed by atoms with Crippen LogP contribution in [0.5, 0.6) is 0 Å². The third kappa shape index (κ3) is 3.60. The summed E-state index contributed by atoms with van der Waals surface area (Å²) >= 11 is 0. The number of hydrogen-bond donors (Lipinski definition) is 4. The third-order valence-electron chi connectivity index (χ3n) is 7.52. The van der Waals surface area contributed by atoms with Gasteiger partial charge in [0.2, 0.25) is 0 Å². The predicted molar refractivity (Wildman–Crippen MR) is 129 cm³/mol. The minimum absolute atomic E-state index is 0.160. The molecule has 12 heteroatoms. The second kappa shape index (κ2) is 7.33. The van der Waals surface area contributed by atoms with E-state index in [9.17, 15) is 21.6 Å². The van der Waals surface area contributed by atoms with E-state index in [2.05, 4.69) is 30.8 Å². The van der Waals surface area contributed by atoms with Crippen LogP contribution in [-0.4, -0.2) is 46.7 Å². The van der Waals surface area contributed by atoms with E-state index in [-0.39, 0.29) is 29.7 Å². The first-order valence-corrected chi connectivity index (χ1v) is 14.2. The number of benzene rings is 2. The molecule has 4 aliphatic rings. The molecule has 0 aromatic heterocycles. The molecule has 10 nitrogen and oxygen atoms in total. The zero-order valence-electron chi connectivity index (χ0n) is 18.4. The van der Waals surface area contributed by atoms with Crippen molar-refractivity contribution >= 4 is 49.0 Å². The molecule has 2 aromatic carbocycles. The standard InChI is InChI=1S/C22H25N5O5S2/c1-27-20-6-7-21(27)15(9-13-3-5-17-19(11-13)26-34(31,32)24-17)22(28)14(20)8-12-2-4-16-18(10-12)25-33(29,30)23-16/h2-5,10-11,14-15,20-21,23-26H,6-9H2,1H3. The summed E-state index contributed by atoms with van der Waals surface area (Å²) in [6, 6.07) is 11.1. The quantitative estimate of drug-likeness (QED) is 0.503. The molecule has 0 saturated carbocycles. The lowest BCUT2D eigenvalue weighted by molar-refractivity contribution is -0.134. The van der Waals surface area contributed by atoms with Gasteiger partial charge in [0.05, 0.1) is 22.7 Å². The average Bonchev–Trinajstić information content (AvgIpc) is 3.35. The summed E-state index contributed by atoms with van der Waals surface area (Å²) in [5.74, 6) is -0.149. The number of nitrogens with one attached hydrogen (secondary N) is 4. The first kappa shape index (κ1) is 21.7. The molecule has 2 aromatic rings. The van der Waals surface area contributed by atoms with Crippen LogP contribution in [0.4, 0.5) is 22.7 Å². The van der Waals surface area contributed by atoms with Crippen LogP contribution in [0.3, 0.4) is 0 Å². The van der Waals surface area contributed by atoms with Crippen molar-refractivity contribution in [2.24, 2.45) is 11.8 Å². The van der Waals surface area contributed by atoms with Gasteiger partial charge in [-0.2, -0.15) is 16.8 Å². The van der Waals surface area contributed by atoms with Gasteiger partial charge in [0.25, 0.3) is 0 Å². The summed E-state index contributed by atoms with van der Waals surface area (Å²) in [7, 11) is -5.04. The van der Waals surface area contributed by atoms with Crippen LogP contribution in [0, 0.1) is 11.8 Å². The molecular formula is C22H25N5O5S2. The summed E-state index contributed by atoms with van der Waals surface area (Å²) in [6.07, 6.45) is 2.97. The van der Waals surface area contributed by atoms with E-state index in [1.54, 1.807) is 24.3 Å². The number of hydrogen-bond acceptors (Lipinski definition) is 6. The smallest absolute Gasteiger partial charge is 0.299 e. The maximum Gasteiger partial charge on any atom is 0.321 e. The monoisotopic (exact) mass is 503 g/mol. The van der Waals surface area contributed by atoms with Crippen molar-refractivity contribution in [1.82, 2.24) is 4.90 Å². The van der Waals surface area contributed by atoms with Gasteiger partial charge < -0.3 is 0 Å². The zero-order chi connectivity index (χ0) is 23.8. The maximum atomic E-state index is 13.7. The van der Waals surface area contributed by atoms with Gasteiger partial charge in [0.1, 0.15) is 5.78 Å². The predicted octanol–water partition coefficient (Wildman–Crippen LogP) is 1.91. The summed E-state index contributed by atoms with van der Waals surface area (Å²) in [6.45, 7) is 0. The largest absolute Gasteiger partial charge is 0.321 e. The van der Waals surface area contributed by atoms with Crippen molar-refractivity contribution in [3.8, 4) is 0 Å². The molecule has 0 amide bonds. The highest BCUT2D eigenvalue weighted by molar-refractivity contribution is 7.94. The molecule has 2 fully saturated rings. The summed E-state index contributed by atoms with van der Waals surface area (Å²) < 4.78 is 57.0. The van der Waals surface area contributed by atoms with E-state index < -0.39 is 20.4 Å². The second-order valence-electron chi connectivity index (χ2n) is 9.58. The Labute approximate surface area is 198 Å². The highest BCUT2D eigenvalue weighted by Gasteiger charge is 2.50. The van der Waals surface area contributed by atoms with Gasteiger partial charge >= 0.3 is 20.4 Å². The Morgan fingerprint density at radius 1 is 0.735 bits per heavy atom. The molecule has 180 valence electrons. The zero-order valence-corrected chi connectivity index (χ0v) is 20.0. The first-order valence-electron chi connectivity index (χ1n) is 11.2. The van der Waals surface area contributed by atoms with E-state index >= 15 is 0 Å². The molecule has 2 saturated heterocycles. The van der Waals surface area contributed by atoms with Gasteiger partial charge in [-0.1, -0.05) is 12.1 Å². The number of rotatable bonds is 4. The van der Waals surface area contributed by atoms with Crippen LogP contribution in [0.15, 0.2) is 36.4 Å². The topological polar surface area (TPSA) is 137 Å². The molecule has 4 aliphatic heterocycles. The molecule has 0 aliphatic carbocycles. The fourth-order valence-electron chi connectivity index (χ4n) is 6.01. The number of piperidine rings is 1. The number of fused-ring (bicyclic) bond motifs is 4. The lowest BCUT2D eigenvalue weighted by atomic mass is 9.76. The lowest BCUT2D eigenvalue weighted by Crippen LogP contribution is -2.53. The molecule has 34 heavy (non-hydrogen) atoms. The van der Waals surface area contributed by atoms with E-state index in [1.165, 1.54) is 0 Å². The average molecular weight is 504 g/mol. The van der Waals surface area contributed by atoms with Crippen molar-refractivity contribution < 1.29 is 21.6 Å². The van der Waals surface area contributed by atoms with Crippen LogP contribution < -0.4 is 18.9 Å². The van der Waals surface area contributed by atoms with E-state index in [4.69, 9.17) is 0 Å². The van der Waals surface area contributed by atoms with Gasteiger partial charge in [0.15, 0.2) is 0 Å². The van der Waals surface area contributed by atoms with Crippen LogP contribution in [0.2, 0.25) is 0 Å². The number of ketones is 1. The number of anilines is 4. The Bertz CT molecular complexity index is 1320. The molecule has 2 bridgehead atoms. The number of carbonyl (C=O) groups excluding carboxylic acids is 1. The number of nitrogens with zero attached hydrogens (tertiary/aromatic N) is 1. The molecule has 0 spiro atoms. The van der Waals surface area contributed by atoms with Crippen LogP contribution in [0.25, 0.3) is 0 Å². The molecule has 4 heterocycles. The highest BCUT2D eigenvalue weighted by Crippen LogP contribution is 2.43. The van der Waals surface area contributed by atoms with Crippen molar-refractivity contribution in [2.45, 2.75) is 37.8 Å². The SMILES string of the molecule is CN1C2CCC1C(Cc1ccc3c(c1)NS(=O)(=O)N3)C(=O)C2Cc1ccc2c(c1)NS(=O)(=O)N2. The molecule has 4 atom stereocenters. The van der Waals surface area contributed by atoms with Gasteiger partial charge in [0, 0.05) is 23.9 Å². The van der Waals surface area contributed by atoms with Gasteiger partial charge in [-0.05, 0) is 68.1 Å². The maximum absolute atomic E-state index is 13.7. The van der Waals surface area contributed by atoms with Crippen molar-refractivity contribution in [3.05, 3.63) is 47.5 Å². The molecule has 4 unspecified atom stereocenters. The van der Waals surface area contributed by atoms with Crippen molar-refractivity contribution in [1.29, 1.82) is 0 Å². The van der Waals surface area contributed by atoms with Crippen molar-refractivity contribution in [2.75, 3.05) is 25.9 Å². The van der Waals surface area contributed by atoms with E-state index in [1.807, 2.05) is 12.1 Å². The van der Waals surface area contributed by atoms with Gasteiger partial charge in [-0.25, -0.2) is 0 Å². The fourth-order valence-corrected chi connectivity index (χ4v) is 7.97. The Hall–Kier alpha value is -2.83. The van der Waals surface area contributed by atoms with Crippen molar-refractivity contribution in [3.63, 3.8) is 0 Å². The van der Waals surface area contributed by atoms with Crippen LogP contribution in [-0.2, 0) is 38.1 Å². The Morgan fingerprint density at radius 2 is 1.15 bits per heavy atom. The molecule has 0 radical (unpaired) electrons. The summed E-state index contributed by atoms with van der Waals surface area (Å²) in [5, 5.41) is 0. The summed E-state index contributed by atoms with van der Waals surface area (Å²) in [5.41, 5.74) is 3.86. The minimum Gasteiger partial charge on any atom is -0.299 e. The van der Waals surface area contributed by atoms with E-state index in [0.717, 1.165) is 24.0 Å². The molecule has 4 N–H and O–H groups in total. The van der Waals surface area contributed by atoms with Gasteiger partial charge in [-0.3, -0.25) is 28.6 Å². The van der Waals surface area contributed by atoms with Crippen LogP contribution in [0.1, 0.15) is 24.0 Å². The molecule has 6 rings (SSSR count). The normalized spacial score (nSPS) is 30.0. The number of carbonyl (C=O) groups is 1. The second-order valence-corrected chi connectivity index (χ2v) is 12.4. The number of Topliss-reactive ketones (excluding diaryl/α,β-unsaturated/α-hetero) is 1. The third-order valence-corrected chi connectivity index (χ3v) is 9.48. The van der Waals surface area contributed by atoms with Gasteiger partial charge in [-0.15, -0.1) is 0 Å². The Morgan fingerprint density at radius 3 is 1.59 bits per heavy atom. The Kier molecular flexibility index (Phi) is 4.68. The minimum atomic E-state index is -3.56. The van der Waals surface area contributed by atoms with Crippen LogP contribution >= 0.6 is 0 Å². The molecular weight excluding hydrogens is 478 g/mol. The summed E-state index contributed by atoms with van der Waals surface area (Å²) in [4.78, 5) is 16.1.